The summed E-state index contributed by atoms with van der Waals surface area (Å²) in [6, 6.07) is 9.77. The molecule has 6 heteroatoms. The monoisotopic (exact) mass is 275 g/mol. The van der Waals surface area contributed by atoms with Crippen LogP contribution < -0.4 is 5.32 Å². The lowest BCUT2D eigenvalue weighted by atomic mass is 10.0. The van der Waals surface area contributed by atoms with E-state index in [0.29, 0.717) is 11.9 Å². The van der Waals surface area contributed by atoms with Gasteiger partial charge in [0.1, 0.15) is 0 Å². The fourth-order valence-electron chi connectivity index (χ4n) is 2.22. The first-order valence-electron chi connectivity index (χ1n) is 7.03. The minimum atomic E-state index is 0.218. The molecule has 0 bridgehead atoms. The minimum absolute atomic E-state index is 0.218. The third-order valence-corrected chi connectivity index (χ3v) is 3.25. The van der Waals surface area contributed by atoms with Crippen molar-refractivity contribution in [1.82, 2.24) is 20.2 Å². The highest BCUT2D eigenvalue weighted by Crippen LogP contribution is 2.14. The molecular formula is C14H21N5O. The second-order valence-corrected chi connectivity index (χ2v) is 4.80. The zero-order valence-electron chi connectivity index (χ0n) is 11.7. The summed E-state index contributed by atoms with van der Waals surface area (Å²) in [5.41, 5.74) is 0.925. The number of tetrazole rings is 1. The molecule has 0 aliphatic rings. The van der Waals surface area contributed by atoms with Gasteiger partial charge in [0.25, 0.3) is 0 Å². The SMILES string of the molecule is CCCC(CCO)CNc1nnnn1-c1ccccc1. The molecular weight excluding hydrogens is 254 g/mol. The van der Waals surface area contributed by atoms with E-state index in [4.69, 9.17) is 5.11 Å². The van der Waals surface area contributed by atoms with Gasteiger partial charge in [0, 0.05) is 13.2 Å². The van der Waals surface area contributed by atoms with Crippen molar-refractivity contribution in [2.24, 2.45) is 5.92 Å². The zero-order chi connectivity index (χ0) is 14.2. The zero-order valence-corrected chi connectivity index (χ0v) is 11.7. The van der Waals surface area contributed by atoms with Gasteiger partial charge in [-0.3, -0.25) is 0 Å². The number of anilines is 1. The van der Waals surface area contributed by atoms with Crippen LogP contribution in [-0.2, 0) is 0 Å². The molecule has 0 spiro atoms. The number of nitrogens with zero attached hydrogens (tertiary/aromatic N) is 4. The second-order valence-electron chi connectivity index (χ2n) is 4.80. The number of benzene rings is 1. The number of hydrogen-bond acceptors (Lipinski definition) is 5. The van der Waals surface area contributed by atoms with Crippen molar-refractivity contribution in [3.63, 3.8) is 0 Å². The Labute approximate surface area is 118 Å². The van der Waals surface area contributed by atoms with Crippen molar-refractivity contribution in [1.29, 1.82) is 0 Å². The smallest absolute Gasteiger partial charge is 0.247 e. The van der Waals surface area contributed by atoms with Crippen LogP contribution in [0, 0.1) is 5.92 Å². The highest BCUT2D eigenvalue weighted by molar-refractivity contribution is 5.38. The number of para-hydroxylation sites is 1. The number of aliphatic hydroxyl groups is 1. The van der Waals surface area contributed by atoms with E-state index >= 15 is 0 Å². The van der Waals surface area contributed by atoms with Crippen LogP contribution in [0.15, 0.2) is 30.3 Å². The van der Waals surface area contributed by atoms with Gasteiger partial charge in [0.15, 0.2) is 0 Å². The number of hydrogen-bond donors (Lipinski definition) is 2. The summed E-state index contributed by atoms with van der Waals surface area (Å²) in [6.07, 6.45) is 2.99. The maximum absolute atomic E-state index is 9.08. The standard InChI is InChI=1S/C14H21N5O/c1-2-6-12(9-10-20)11-15-14-16-17-18-19(14)13-7-4-3-5-8-13/h3-5,7-8,12,20H,2,6,9-11H2,1H3,(H,15,16,18). The Hall–Kier alpha value is -1.95. The van der Waals surface area contributed by atoms with Gasteiger partial charge >= 0.3 is 0 Å². The molecule has 1 aromatic carbocycles. The number of aromatic nitrogens is 4. The molecule has 0 aliphatic heterocycles. The molecule has 6 nitrogen and oxygen atoms in total. The predicted molar refractivity (Wildman–Crippen MR) is 77.7 cm³/mol. The molecule has 2 aromatic rings. The van der Waals surface area contributed by atoms with E-state index in [2.05, 4.69) is 27.8 Å². The van der Waals surface area contributed by atoms with Gasteiger partial charge in [-0.25, -0.2) is 0 Å². The molecule has 20 heavy (non-hydrogen) atoms. The Bertz CT molecular complexity index is 493. The van der Waals surface area contributed by atoms with Crippen molar-refractivity contribution < 1.29 is 5.11 Å². The predicted octanol–water partition coefficient (Wildman–Crippen LogP) is 1.87. The number of rotatable bonds is 8. The first-order valence-corrected chi connectivity index (χ1v) is 7.03. The summed E-state index contributed by atoms with van der Waals surface area (Å²) < 4.78 is 1.68. The van der Waals surface area contributed by atoms with Crippen LogP contribution in [0.4, 0.5) is 5.95 Å². The van der Waals surface area contributed by atoms with E-state index in [1.165, 1.54) is 0 Å². The van der Waals surface area contributed by atoms with Gasteiger partial charge < -0.3 is 10.4 Å². The van der Waals surface area contributed by atoms with Crippen LogP contribution in [0.1, 0.15) is 26.2 Å². The van der Waals surface area contributed by atoms with Crippen LogP contribution in [0.5, 0.6) is 0 Å². The second kappa shape index (κ2) is 7.59. The fourth-order valence-corrected chi connectivity index (χ4v) is 2.22. The molecule has 0 fully saturated rings. The fraction of sp³-hybridized carbons (Fsp3) is 0.500. The Morgan fingerprint density at radius 3 is 2.75 bits per heavy atom. The Morgan fingerprint density at radius 2 is 2.05 bits per heavy atom. The maximum atomic E-state index is 9.08. The summed E-state index contributed by atoms with van der Waals surface area (Å²) in [7, 11) is 0. The molecule has 2 N–H and O–H groups in total. The third-order valence-electron chi connectivity index (χ3n) is 3.25. The highest BCUT2D eigenvalue weighted by atomic mass is 16.3. The third kappa shape index (κ3) is 3.77. The number of aliphatic hydroxyl groups excluding tert-OH is 1. The van der Waals surface area contributed by atoms with Crippen LogP contribution in [0.25, 0.3) is 5.69 Å². The average Bonchev–Trinajstić information content (AvgIpc) is 2.94. The van der Waals surface area contributed by atoms with E-state index < -0.39 is 0 Å². The Balaban J connectivity index is 2.02. The molecule has 0 aliphatic carbocycles. The molecule has 108 valence electrons. The van der Waals surface area contributed by atoms with Gasteiger partial charge in [0.05, 0.1) is 5.69 Å². The van der Waals surface area contributed by atoms with Crippen molar-refractivity contribution in [2.75, 3.05) is 18.5 Å². The summed E-state index contributed by atoms with van der Waals surface area (Å²) in [5, 5.41) is 24.1. The quantitative estimate of drug-likeness (QED) is 0.769. The lowest BCUT2D eigenvalue weighted by Crippen LogP contribution is -2.18. The Kier molecular flexibility index (Phi) is 5.49. The molecule has 1 atom stereocenters. The molecule has 0 amide bonds. The lowest BCUT2D eigenvalue weighted by molar-refractivity contribution is 0.255. The van der Waals surface area contributed by atoms with E-state index in [1.54, 1.807) is 4.68 Å². The van der Waals surface area contributed by atoms with Crippen molar-refractivity contribution >= 4 is 5.95 Å². The minimum Gasteiger partial charge on any atom is -0.396 e. The topological polar surface area (TPSA) is 75.9 Å². The van der Waals surface area contributed by atoms with Crippen LogP contribution in [0.2, 0.25) is 0 Å². The molecule has 0 radical (unpaired) electrons. The molecule has 0 saturated heterocycles. The normalized spacial score (nSPS) is 12.3. The van der Waals surface area contributed by atoms with Crippen molar-refractivity contribution in [3.05, 3.63) is 30.3 Å². The largest absolute Gasteiger partial charge is 0.396 e. The molecule has 2 rings (SSSR count). The van der Waals surface area contributed by atoms with Crippen LogP contribution in [0.3, 0.4) is 0 Å². The van der Waals surface area contributed by atoms with Gasteiger partial charge in [-0.05, 0) is 41.3 Å². The molecule has 1 unspecified atom stereocenters. The van der Waals surface area contributed by atoms with E-state index in [-0.39, 0.29) is 6.61 Å². The first-order chi connectivity index (χ1) is 9.85. The lowest BCUT2D eigenvalue weighted by Gasteiger charge is -2.15. The molecule has 1 aromatic heterocycles. The van der Waals surface area contributed by atoms with Gasteiger partial charge in [0.2, 0.25) is 5.95 Å². The van der Waals surface area contributed by atoms with E-state index in [1.807, 2.05) is 30.3 Å². The van der Waals surface area contributed by atoms with Crippen LogP contribution in [-0.4, -0.2) is 38.5 Å². The molecule has 0 saturated carbocycles. The van der Waals surface area contributed by atoms with Crippen LogP contribution >= 0.6 is 0 Å². The summed E-state index contributed by atoms with van der Waals surface area (Å²) in [4.78, 5) is 0. The Morgan fingerprint density at radius 1 is 1.25 bits per heavy atom. The summed E-state index contributed by atoms with van der Waals surface area (Å²) in [5.74, 6) is 1.07. The number of nitrogens with one attached hydrogen (secondary N) is 1. The van der Waals surface area contributed by atoms with Crippen molar-refractivity contribution in [3.8, 4) is 5.69 Å². The van der Waals surface area contributed by atoms with Gasteiger partial charge in [-0.1, -0.05) is 36.6 Å². The summed E-state index contributed by atoms with van der Waals surface area (Å²) in [6.45, 7) is 3.13. The van der Waals surface area contributed by atoms with E-state index in [9.17, 15) is 0 Å². The average molecular weight is 275 g/mol. The highest BCUT2D eigenvalue weighted by Gasteiger charge is 2.11. The van der Waals surface area contributed by atoms with Crippen molar-refractivity contribution in [2.45, 2.75) is 26.2 Å². The van der Waals surface area contributed by atoms with Gasteiger partial charge in [-0.2, -0.15) is 4.68 Å². The maximum Gasteiger partial charge on any atom is 0.247 e. The van der Waals surface area contributed by atoms with Gasteiger partial charge in [-0.15, -0.1) is 0 Å². The summed E-state index contributed by atoms with van der Waals surface area (Å²) >= 11 is 0. The first kappa shape index (κ1) is 14.5. The molecule has 1 heterocycles. The van der Waals surface area contributed by atoms with E-state index in [0.717, 1.165) is 31.5 Å².